The van der Waals surface area contributed by atoms with E-state index in [1.807, 2.05) is 12.1 Å². The molecule has 0 unspecified atom stereocenters. The Kier molecular flexibility index (Phi) is 5.85. The van der Waals surface area contributed by atoms with Gasteiger partial charge in [-0.05, 0) is 51.6 Å². The number of para-hydroxylation sites is 2. The standard InChI is InChI=1S/C43H30N2O/c1-43(2)36-24-10-8-17-29(36)32-20-12-23-35(40(32)43)42-44-37(30-18-7-6-16-28(30)27-14-4-3-5-15-27)26-38(45-42)34-22-13-21-33-31-19-9-11-25-39(31)46-41(33)34/h3-26H,1-2H3. The van der Waals surface area contributed by atoms with Crippen LogP contribution < -0.4 is 0 Å². The zero-order chi connectivity index (χ0) is 30.8. The van der Waals surface area contributed by atoms with Gasteiger partial charge in [0.15, 0.2) is 5.82 Å². The highest BCUT2D eigenvalue weighted by atomic mass is 16.3. The molecule has 0 spiro atoms. The smallest absolute Gasteiger partial charge is 0.160 e. The summed E-state index contributed by atoms with van der Waals surface area (Å²) in [5.41, 5.74) is 13.7. The summed E-state index contributed by atoms with van der Waals surface area (Å²) in [6, 6.07) is 51.0. The zero-order valence-corrected chi connectivity index (χ0v) is 25.7. The van der Waals surface area contributed by atoms with Gasteiger partial charge in [-0.2, -0.15) is 0 Å². The lowest BCUT2D eigenvalue weighted by Gasteiger charge is -2.24. The molecule has 2 aromatic heterocycles. The van der Waals surface area contributed by atoms with Gasteiger partial charge in [-0.3, -0.25) is 0 Å². The van der Waals surface area contributed by atoms with Gasteiger partial charge in [-0.15, -0.1) is 0 Å². The van der Waals surface area contributed by atoms with Crippen LogP contribution >= 0.6 is 0 Å². The molecule has 0 atom stereocenters. The fraction of sp³-hybridized carbons (Fsp3) is 0.0698. The Balaban J connectivity index is 1.34. The van der Waals surface area contributed by atoms with Gasteiger partial charge in [0.05, 0.1) is 11.4 Å². The highest BCUT2D eigenvalue weighted by Crippen LogP contribution is 2.52. The Morgan fingerprint density at radius 2 is 1.07 bits per heavy atom. The molecule has 6 aromatic carbocycles. The summed E-state index contributed by atoms with van der Waals surface area (Å²) >= 11 is 0. The first kappa shape index (κ1) is 26.6. The predicted molar refractivity (Wildman–Crippen MR) is 189 cm³/mol. The van der Waals surface area contributed by atoms with Crippen molar-refractivity contribution in [2.45, 2.75) is 19.3 Å². The monoisotopic (exact) mass is 590 g/mol. The van der Waals surface area contributed by atoms with Crippen molar-refractivity contribution in [3.63, 3.8) is 0 Å². The molecule has 0 radical (unpaired) electrons. The lowest BCUT2D eigenvalue weighted by Crippen LogP contribution is -2.16. The normalized spacial score (nSPS) is 13.2. The maximum Gasteiger partial charge on any atom is 0.160 e. The molecule has 0 aliphatic heterocycles. The van der Waals surface area contributed by atoms with Crippen LogP contribution in [0.25, 0.3) is 78.1 Å². The van der Waals surface area contributed by atoms with Crippen LogP contribution in [0.1, 0.15) is 25.0 Å². The van der Waals surface area contributed by atoms with E-state index >= 15 is 0 Å². The molecule has 8 aromatic rings. The molecular weight excluding hydrogens is 560 g/mol. The quantitative estimate of drug-likeness (QED) is 0.205. The molecule has 0 saturated carbocycles. The fourth-order valence-electron chi connectivity index (χ4n) is 7.40. The molecule has 0 fully saturated rings. The van der Waals surface area contributed by atoms with E-state index < -0.39 is 0 Å². The third-order valence-electron chi connectivity index (χ3n) is 9.52. The van der Waals surface area contributed by atoms with E-state index in [-0.39, 0.29) is 5.41 Å². The maximum absolute atomic E-state index is 6.51. The first-order chi connectivity index (χ1) is 22.6. The van der Waals surface area contributed by atoms with Crippen molar-refractivity contribution in [2.75, 3.05) is 0 Å². The first-order valence-corrected chi connectivity index (χ1v) is 15.8. The predicted octanol–water partition coefficient (Wildman–Crippen LogP) is 11.4. The summed E-state index contributed by atoms with van der Waals surface area (Å²) < 4.78 is 6.51. The van der Waals surface area contributed by atoms with Crippen LogP contribution in [-0.2, 0) is 5.41 Å². The minimum absolute atomic E-state index is 0.206. The van der Waals surface area contributed by atoms with Crippen LogP contribution in [-0.4, -0.2) is 9.97 Å². The van der Waals surface area contributed by atoms with E-state index in [2.05, 4.69) is 147 Å². The molecule has 0 N–H and O–H groups in total. The zero-order valence-electron chi connectivity index (χ0n) is 25.7. The second-order valence-electron chi connectivity index (χ2n) is 12.6. The van der Waals surface area contributed by atoms with Crippen LogP contribution in [0.4, 0.5) is 0 Å². The number of furan rings is 1. The van der Waals surface area contributed by atoms with Crippen molar-refractivity contribution in [2.24, 2.45) is 0 Å². The van der Waals surface area contributed by atoms with Gasteiger partial charge in [-0.25, -0.2) is 9.97 Å². The molecule has 2 heterocycles. The summed E-state index contributed by atoms with van der Waals surface area (Å²) in [7, 11) is 0. The van der Waals surface area contributed by atoms with Crippen molar-refractivity contribution < 1.29 is 4.42 Å². The van der Waals surface area contributed by atoms with Gasteiger partial charge in [0.2, 0.25) is 0 Å². The van der Waals surface area contributed by atoms with Crippen LogP contribution in [0, 0.1) is 0 Å². The van der Waals surface area contributed by atoms with Gasteiger partial charge >= 0.3 is 0 Å². The Morgan fingerprint density at radius 3 is 1.91 bits per heavy atom. The van der Waals surface area contributed by atoms with Crippen molar-refractivity contribution in [1.29, 1.82) is 0 Å². The molecule has 3 heteroatoms. The summed E-state index contributed by atoms with van der Waals surface area (Å²) in [6.07, 6.45) is 0. The molecule has 0 bridgehead atoms. The molecule has 9 rings (SSSR count). The number of fused-ring (bicyclic) bond motifs is 6. The lowest BCUT2D eigenvalue weighted by atomic mass is 9.80. The third-order valence-corrected chi connectivity index (χ3v) is 9.52. The van der Waals surface area contributed by atoms with E-state index in [0.29, 0.717) is 5.82 Å². The largest absolute Gasteiger partial charge is 0.455 e. The second-order valence-corrected chi connectivity index (χ2v) is 12.6. The minimum Gasteiger partial charge on any atom is -0.455 e. The Morgan fingerprint density at radius 1 is 0.478 bits per heavy atom. The average molecular weight is 591 g/mol. The van der Waals surface area contributed by atoms with Gasteiger partial charge in [0.1, 0.15) is 11.2 Å². The van der Waals surface area contributed by atoms with E-state index in [1.54, 1.807) is 0 Å². The van der Waals surface area contributed by atoms with Crippen LogP contribution in [0.5, 0.6) is 0 Å². The maximum atomic E-state index is 6.51. The number of rotatable bonds is 4. The van der Waals surface area contributed by atoms with Crippen LogP contribution in [0.3, 0.4) is 0 Å². The molecule has 3 nitrogen and oxygen atoms in total. The Labute approximate surface area is 267 Å². The topological polar surface area (TPSA) is 38.9 Å². The number of aromatic nitrogens is 2. The molecular formula is C43H30N2O. The molecule has 0 saturated heterocycles. The van der Waals surface area contributed by atoms with E-state index in [9.17, 15) is 0 Å². The molecule has 0 amide bonds. The van der Waals surface area contributed by atoms with Crippen molar-refractivity contribution >= 4 is 21.9 Å². The third kappa shape index (κ3) is 3.98. The van der Waals surface area contributed by atoms with Crippen molar-refractivity contribution in [1.82, 2.24) is 9.97 Å². The van der Waals surface area contributed by atoms with Crippen LogP contribution in [0.2, 0.25) is 0 Å². The average Bonchev–Trinajstić information content (AvgIpc) is 3.61. The SMILES string of the molecule is CC1(C)c2ccccc2-c2cccc(-c3nc(-c4ccccc4-c4ccccc4)cc(-c4cccc5c4oc4ccccc45)n3)c21. The highest BCUT2D eigenvalue weighted by Gasteiger charge is 2.38. The Bertz CT molecular complexity index is 2450. The van der Waals surface area contributed by atoms with E-state index in [4.69, 9.17) is 14.4 Å². The highest BCUT2D eigenvalue weighted by molar-refractivity contribution is 6.09. The second kappa shape index (κ2) is 10.1. The molecule has 1 aliphatic carbocycles. The summed E-state index contributed by atoms with van der Waals surface area (Å²) in [5.74, 6) is 0.709. The first-order valence-electron chi connectivity index (χ1n) is 15.8. The van der Waals surface area contributed by atoms with Crippen LogP contribution in [0.15, 0.2) is 150 Å². The van der Waals surface area contributed by atoms with Gasteiger partial charge in [-0.1, -0.05) is 141 Å². The van der Waals surface area contributed by atoms with Crippen molar-refractivity contribution in [3.05, 3.63) is 157 Å². The number of hydrogen-bond acceptors (Lipinski definition) is 3. The lowest BCUT2D eigenvalue weighted by molar-refractivity contribution is 0.661. The van der Waals surface area contributed by atoms with Crippen molar-refractivity contribution in [3.8, 4) is 56.2 Å². The Hall–Kier alpha value is -5.80. The summed E-state index contributed by atoms with van der Waals surface area (Å²) in [5, 5.41) is 2.18. The molecule has 46 heavy (non-hydrogen) atoms. The summed E-state index contributed by atoms with van der Waals surface area (Å²) in [4.78, 5) is 10.7. The summed E-state index contributed by atoms with van der Waals surface area (Å²) in [6.45, 7) is 4.62. The van der Waals surface area contributed by atoms with E-state index in [1.165, 1.54) is 22.3 Å². The number of benzene rings is 6. The molecule has 218 valence electrons. The van der Waals surface area contributed by atoms with Gasteiger partial charge < -0.3 is 4.42 Å². The number of nitrogens with zero attached hydrogens (tertiary/aromatic N) is 2. The van der Waals surface area contributed by atoms with Gasteiger partial charge in [0, 0.05) is 32.9 Å². The molecule has 1 aliphatic rings. The number of hydrogen-bond donors (Lipinski definition) is 0. The van der Waals surface area contributed by atoms with Gasteiger partial charge in [0.25, 0.3) is 0 Å². The fourth-order valence-corrected chi connectivity index (χ4v) is 7.40. The minimum atomic E-state index is -0.206. The van der Waals surface area contributed by atoms with E-state index in [0.717, 1.165) is 61.1 Å².